The monoisotopic (exact) mass is 734 g/mol. The molecule has 2 unspecified atom stereocenters. The van der Waals surface area contributed by atoms with Crippen LogP contribution in [0.4, 0.5) is 0 Å². The third kappa shape index (κ3) is 16.6. The Morgan fingerprint density at radius 3 is 1.47 bits per heavy atom. The van der Waals surface area contributed by atoms with E-state index in [0.29, 0.717) is 55.1 Å². The molecular weight excluding hydrogens is 672 g/mol. The van der Waals surface area contributed by atoms with Gasteiger partial charge in [-0.15, -0.1) is 0 Å². The lowest BCUT2D eigenvalue weighted by molar-refractivity contribution is -0.146. The van der Waals surface area contributed by atoms with Crippen LogP contribution in [0.5, 0.6) is 0 Å². The van der Waals surface area contributed by atoms with E-state index in [9.17, 15) is 14.4 Å². The summed E-state index contributed by atoms with van der Waals surface area (Å²) < 4.78 is 27.5. The van der Waals surface area contributed by atoms with Gasteiger partial charge in [-0.05, 0) is 31.4 Å². The minimum atomic E-state index is -0.490. The van der Waals surface area contributed by atoms with Crippen LogP contribution in [0.25, 0.3) is 0 Å². The predicted octanol–water partition coefficient (Wildman–Crippen LogP) is 9.60. The van der Waals surface area contributed by atoms with Gasteiger partial charge in [0.25, 0.3) is 0 Å². The third-order valence-corrected chi connectivity index (χ3v) is 9.43. The van der Waals surface area contributed by atoms with Gasteiger partial charge in [-0.2, -0.15) is 0 Å². The van der Waals surface area contributed by atoms with Gasteiger partial charge in [-0.3, -0.25) is 4.79 Å². The van der Waals surface area contributed by atoms with Crippen LogP contribution in [-0.2, 0) is 51.3 Å². The molecule has 1 N–H and O–H groups in total. The zero-order chi connectivity index (χ0) is 38.1. The first kappa shape index (κ1) is 43.3. The summed E-state index contributed by atoms with van der Waals surface area (Å²) in [6.07, 6.45) is 17.0. The zero-order valence-corrected chi connectivity index (χ0v) is 32.3. The van der Waals surface area contributed by atoms with Gasteiger partial charge in [0.15, 0.2) is 12.2 Å². The lowest BCUT2D eigenvalue weighted by atomic mass is 10.0. The molecule has 2 atom stereocenters. The van der Waals surface area contributed by atoms with Crippen LogP contribution in [0.1, 0.15) is 135 Å². The molecule has 2 aromatic rings. The molecule has 2 aliphatic heterocycles. The number of ether oxygens (including phenoxy) is 5. The molecule has 9 nitrogen and oxygen atoms in total. The Bertz CT molecular complexity index is 1420. The summed E-state index contributed by atoms with van der Waals surface area (Å²) in [7, 11) is 0. The van der Waals surface area contributed by atoms with E-state index in [1.165, 1.54) is 70.6 Å². The molecule has 53 heavy (non-hydrogen) atoms. The van der Waals surface area contributed by atoms with Gasteiger partial charge in [0.2, 0.25) is 0 Å². The molecule has 2 aromatic carbocycles. The molecule has 9 heteroatoms. The Balaban J connectivity index is 0.000000350. The molecule has 0 saturated carbocycles. The molecule has 0 fully saturated rings. The molecular formula is C44H62O9. The van der Waals surface area contributed by atoms with Crippen LogP contribution in [0.2, 0.25) is 0 Å². The molecule has 2 aliphatic rings. The van der Waals surface area contributed by atoms with E-state index in [-0.39, 0.29) is 31.1 Å². The lowest BCUT2D eigenvalue weighted by Gasteiger charge is -2.15. The molecule has 2 heterocycles. The van der Waals surface area contributed by atoms with Crippen molar-refractivity contribution in [1.82, 2.24) is 0 Å². The number of benzene rings is 2. The lowest BCUT2D eigenvalue weighted by Crippen LogP contribution is -2.18. The number of unbranched alkanes of at least 4 members (excludes halogenated alkanes) is 12. The van der Waals surface area contributed by atoms with Crippen LogP contribution >= 0.6 is 0 Å². The number of hydrogen-bond acceptors (Lipinski definition) is 9. The van der Waals surface area contributed by atoms with Gasteiger partial charge in [-0.25, -0.2) is 9.59 Å². The van der Waals surface area contributed by atoms with Crippen molar-refractivity contribution < 1.29 is 43.2 Å². The average Bonchev–Trinajstić information content (AvgIpc) is 3.60. The van der Waals surface area contributed by atoms with Crippen LogP contribution < -0.4 is 0 Å². The average molecular weight is 735 g/mol. The Kier molecular flexibility index (Phi) is 21.1. The number of carbonyl (C=O) groups excluding carboxylic acids is 3. The number of aliphatic hydroxyl groups is 1. The van der Waals surface area contributed by atoms with Crippen LogP contribution in [-0.4, -0.2) is 48.4 Å². The summed E-state index contributed by atoms with van der Waals surface area (Å²) in [6, 6.07) is 19.5. The molecule has 0 saturated heterocycles. The standard InChI is InChI=1S/C30H46O5.C14H16O4/c1-3-4-5-6-7-8-9-10-11-12-13-14-18-21-28(31)33-23-22-27-29(25(2)30(32)35-27)34-24-26-19-16-15-17-20-26;1-10-13(12(7-8-15)18-14(10)16)17-9-11-5-3-2-4-6-11/h15-17,19-20,27H,3-14,18,21-24H2,1-2H3;2-6,12,15H,7-9H2,1H3. The van der Waals surface area contributed by atoms with E-state index in [1.54, 1.807) is 13.8 Å². The van der Waals surface area contributed by atoms with E-state index >= 15 is 0 Å². The van der Waals surface area contributed by atoms with E-state index in [0.717, 1.165) is 24.0 Å². The van der Waals surface area contributed by atoms with Crippen molar-refractivity contribution in [2.75, 3.05) is 13.2 Å². The van der Waals surface area contributed by atoms with Gasteiger partial charge in [0.1, 0.15) is 24.7 Å². The van der Waals surface area contributed by atoms with Gasteiger partial charge in [0, 0.05) is 25.9 Å². The third-order valence-electron chi connectivity index (χ3n) is 9.43. The number of esters is 3. The van der Waals surface area contributed by atoms with Crippen LogP contribution in [0.15, 0.2) is 83.3 Å². The quantitative estimate of drug-likeness (QED) is 0.0605. The Labute approximate surface area is 317 Å². The molecule has 4 rings (SSSR count). The highest BCUT2D eigenvalue weighted by Gasteiger charge is 2.34. The fourth-order valence-electron chi connectivity index (χ4n) is 6.24. The van der Waals surface area contributed by atoms with Crippen molar-refractivity contribution in [2.24, 2.45) is 0 Å². The number of hydrogen-bond donors (Lipinski definition) is 1. The summed E-state index contributed by atoms with van der Waals surface area (Å²) in [4.78, 5) is 35.5. The number of carbonyl (C=O) groups is 3. The molecule has 0 amide bonds. The van der Waals surface area contributed by atoms with E-state index in [4.69, 9.17) is 28.8 Å². The van der Waals surface area contributed by atoms with Gasteiger partial charge in [0.05, 0.1) is 17.8 Å². The first-order chi connectivity index (χ1) is 25.8. The largest absolute Gasteiger partial charge is 0.489 e. The SMILES string of the molecule is CC1=C(OCc2ccccc2)C(CCO)OC1=O.CCCCCCCCCCCCCCCC(=O)OCCC1OC(=O)C(C)=C1OCc1ccccc1. The van der Waals surface area contributed by atoms with Crippen molar-refractivity contribution in [1.29, 1.82) is 0 Å². The summed E-state index contributed by atoms with van der Waals surface area (Å²) in [5, 5.41) is 8.93. The smallest absolute Gasteiger partial charge is 0.338 e. The van der Waals surface area contributed by atoms with Crippen molar-refractivity contribution in [2.45, 2.75) is 149 Å². The molecule has 292 valence electrons. The first-order valence-electron chi connectivity index (χ1n) is 19.8. The fraction of sp³-hybridized carbons (Fsp3) is 0.568. The number of rotatable bonds is 25. The summed E-state index contributed by atoms with van der Waals surface area (Å²) >= 11 is 0. The maximum atomic E-state index is 12.1. The summed E-state index contributed by atoms with van der Waals surface area (Å²) in [5.41, 5.74) is 3.03. The first-order valence-corrected chi connectivity index (χ1v) is 19.8. The van der Waals surface area contributed by atoms with Crippen molar-refractivity contribution in [3.8, 4) is 0 Å². The highest BCUT2D eigenvalue weighted by molar-refractivity contribution is 5.91. The fourth-order valence-corrected chi connectivity index (χ4v) is 6.24. The minimum absolute atomic E-state index is 0.0383. The second-order valence-electron chi connectivity index (χ2n) is 13.8. The molecule has 0 radical (unpaired) electrons. The molecule has 0 aliphatic carbocycles. The topological polar surface area (TPSA) is 118 Å². The minimum Gasteiger partial charge on any atom is -0.489 e. The van der Waals surface area contributed by atoms with Crippen molar-refractivity contribution in [3.63, 3.8) is 0 Å². The summed E-state index contributed by atoms with van der Waals surface area (Å²) in [5.74, 6) is 0.182. The van der Waals surface area contributed by atoms with Crippen molar-refractivity contribution in [3.05, 3.63) is 94.5 Å². The van der Waals surface area contributed by atoms with Gasteiger partial charge >= 0.3 is 17.9 Å². The van der Waals surface area contributed by atoms with Crippen molar-refractivity contribution >= 4 is 17.9 Å². The second-order valence-corrected chi connectivity index (χ2v) is 13.8. The van der Waals surface area contributed by atoms with Crippen LogP contribution in [0.3, 0.4) is 0 Å². The normalized spacial score (nSPS) is 16.6. The van der Waals surface area contributed by atoms with Crippen LogP contribution in [0, 0.1) is 0 Å². The van der Waals surface area contributed by atoms with E-state index in [1.807, 2.05) is 60.7 Å². The van der Waals surface area contributed by atoms with E-state index < -0.39 is 12.2 Å². The predicted molar refractivity (Wildman–Crippen MR) is 205 cm³/mol. The highest BCUT2D eigenvalue weighted by Crippen LogP contribution is 2.28. The molecule has 0 aromatic heterocycles. The maximum absolute atomic E-state index is 12.1. The van der Waals surface area contributed by atoms with Gasteiger partial charge < -0.3 is 28.8 Å². The Hall–Kier alpha value is -4.11. The number of cyclic esters (lactones) is 2. The maximum Gasteiger partial charge on any atom is 0.338 e. The second kappa shape index (κ2) is 25.8. The zero-order valence-electron chi connectivity index (χ0n) is 32.3. The Morgan fingerprint density at radius 2 is 1.04 bits per heavy atom. The number of aliphatic hydroxyl groups excluding tert-OH is 1. The van der Waals surface area contributed by atoms with Gasteiger partial charge in [-0.1, -0.05) is 145 Å². The summed E-state index contributed by atoms with van der Waals surface area (Å²) in [6.45, 7) is 6.61. The Morgan fingerprint density at radius 1 is 0.623 bits per heavy atom. The van der Waals surface area contributed by atoms with E-state index in [2.05, 4.69) is 6.92 Å². The highest BCUT2D eigenvalue weighted by atomic mass is 16.6. The molecule has 0 bridgehead atoms. The molecule has 0 spiro atoms.